The van der Waals surface area contributed by atoms with Crippen LogP contribution < -0.4 is 5.32 Å². The van der Waals surface area contributed by atoms with E-state index in [0.717, 1.165) is 31.5 Å². The molecular formula is C11H17ClN2OS. The molecule has 1 atom stereocenters. The number of hydrogen-bond donors (Lipinski definition) is 1. The van der Waals surface area contributed by atoms with Gasteiger partial charge in [-0.15, -0.1) is 12.4 Å². The van der Waals surface area contributed by atoms with Gasteiger partial charge in [0.2, 0.25) is 0 Å². The predicted octanol–water partition coefficient (Wildman–Crippen LogP) is 1.99. The second-order valence-electron chi connectivity index (χ2n) is 3.93. The Morgan fingerprint density at radius 2 is 2.44 bits per heavy atom. The first-order chi connectivity index (χ1) is 7.29. The molecule has 0 bridgehead atoms. The summed E-state index contributed by atoms with van der Waals surface area (Å²) in [5, 5.41) is 7.18. The Labute approximate surface area is 106 Å². The van der Waals surface area contributed by atoms with Crippen molar-refractivity contribution >= 4 is 29.7 Å². The molecule has 0 spiro atoms. The van der Waals surface area contributed by atoms with Crippen LogP contribution in [0.2, 0.25) is 0 Å². The molecule has 16 heavy (non-hydrogen) atoms. The summed E-state index contributed by atoms with van der Waals surface area (Å²) in [7, 11) is 1.90. The summed E-state index contributed by atoms with van der Waals surface area (Å²) in [5.41, 5.74) is 0.813. The highest BCUT2D eigenvalue weighted by atomic mass is 35.5. The van der Waals surface area contributed by atoms with Gasteiger partial charge in [0.05, 0.1) is 5.56 Å². The average Bonchev–Trinajstić information content (AvgIpc) is 2.82. The van der Waals surface area contributed by atoms with Crippen LogP contribution in [-0.4, -0.2) is 37.0 Å². The number of amides is 1. The summed E-state index contributed by atoms with van der Waals surface area (Å²) in [4.78, 5) is 13.9. The van der Waals surface area contributed by atoms with Crippen molar-refractivity contribution < 1.29 is 4.79 Å². The SMILES string of the molecule is CN(C(=O)c1ccsc1)C1CCCNC1.Cl. The quantitative estimate of drug-likeness (QED) is 0.882. The van der Waals surface area contributed by atoms with Gasteiger partial charge in [-0.3, -0.25) is 4.79 Å². The minimum atomic E-state index is 0. The van der Waals surface area contributed by atoms with Crippen LogP contribution in [0.15, 0.2) is 16.8 Å². The molecule has 3 nitrogen and oxygen atoms in total. The van der Waals surface area contributed by atoms with Gasteiger partial charge in [-0.05, 0) is 30.8 Å². The zero-order chi connectivity index (χ0) is 10.7. The van der Waals surface area contributed by atoms with Crippen LogP contribution >= 0.6 is 23.7 Å². The highest BCUT2D eigenvalue weighted by Crippen LogP contribution is 2.14. The van der Waals surface area contributed by atoms with Crippen LogP contribution in [0, 0.1) is 0 Å². The molecule has 1 aliphatic heterocycles. The Morgan fingerprint density at radius 3 is 3.00 bits per heavy atom. The topological polar surface area (TPSA) is 32.3 Å². The van der Waals surface area contributed by atoms with Gasteiger partial charge in [-0.2, -0.15) is 11.3 Å². The van der Waals surface area contributed by atoms with Gasteiger partial charge < -0.3 is 10.2 Å². The van der Waals surface area contributed by atoms with E-state index in [1.54, 1.807) is 11.3 Å². The third kappa shape index (κ3) is 2.97. The minimum absolute atomic E-state index is 0. The fourth-order valence-corrected chi connectivity index (χ4v) is 2.55. The summed E-state index contributed by atoms with van der Waals surface area (Å²) in [6.45, 7) is 2.00. The molecule has 1 fully saturated rings. The fraction of sp³-hybridized carbons (Fsp3) is 0.545. The lowest BCUT2D eigenvalue weighted by molar-refractivity contribution is 0.0709. The molecule has 90 valence electrons. The number of carbonyl (C=O) groups excluding carboxylic acids is 1. The third-order valence-electron chi connectivity index (χ3n) is 2.91. The normalized spacial score (nSPS) is 19.9. The van der Waals surface area contributed by atoms with Gasteiger partial charge >= 0.3 is 0 Å². The van der Waals surface area contributed by atoms with Crippen LogP contribution in [-0.2, 0) is 0 Å². The first kappa shape index (κ1) is 13.5. The minimum Gasteiger partial charge on any atom is -0.337 e. The van der Waals surface area contributed by atoms with Crippen LogP contribution in [0.3, 0.4) is 0 Å². The van der Waals surface area contributed by atoms with Crippen molar-refractivity contribution in [2.45, 2.75) is 18.9 Å². The van der Waals surface area contributed by atoms with Gasteiger partial charge in [-0.1, -0.05) is 0 Å². The van der Waals surface area contributed by atoms with E-state index in [1.807, 2.05) is 28.8 Å². The van der Waals surface area contributed by atoms with E-state index in [9.17, 15) is 4.79 Å². The van der Waals surface area contributed by atoms with Gasteiger partial charge in [0.1, 0.15) is 0 Å². The Hall–Kier alpha value is -0.580. The average molecular weight is 261 g/mol. The molecule has 5 heteroatoms. The van der Waals surface area contributed by atoms with Crippen molar-refractivity contribution in [2.75, 3.05) is 20.1 Å². The first-order valence-corrected chi connectivity index (χ1v) is 6.23. The van der Waals surface area contributed by atoms with Crippen molar-refractivity contribution in [2.24, 2.45) is 0 Å². The monoisotopic (exact) mass is 260 g/mol. The Bertz CT molecular complexity index is 323. The van der Waals surface area contributed by atoms with Crippen molar-refractivity contribution in [3.63, 3.8) is 0 Å². The number of nitrogens with one attached hydrogen (secondary N) is 1. The van der Waals surface area contributed by atoms with E-state index in [4.69, 9.17) is 0 Å². The van der Waals surface area contributed by atoms with Gasteiger partial charge in [-0.25, -0.2) is 0 Å². The lowest BCUT2D eigenvalue weighted by Gasteiger charge is -2.31. The second kappa shape index (κ2) is 6.23. The maximum atomic E-state index is 12.0. The molecule has 2 rings (SSSR count). The van der Waals surface area contributed by atoms with E-state index >= 15 is 0 Å². The van der Waals surface area contributed by atoms with Crippen LogP contribution in [0.4, 0.5) is 0 Å². The summed E-state index contributed by atoms with van der Waals surface area (Å²) in [6, 6.07) is 2.24. The van der Waals surface area contributed by atoms with Crippen molar-refractivity contribution in [3.8, 4) is 0 Å². The standard InChI is InChI=1S/C11H16N2OS.ClH/c1-13(10-3-2-5-12-7-10)11(14)9-4-6-15-8-9;/h4,6,8,10,12H,2-3,5,7H2,1H3;1H. The summed E-state index contributed by atoms with van der Waals surface area (Å²) >= 11 is 1.57. The molecule has 2 heterocycles. The number of likely N-dealkylation sites (N-methyl/N-ethyl adjacent to an activating group) is 1. The van der Waals surface area contributed by atoms with Crippen molar-refractivity contribution in [1.29, 1.82) is 0 Å². The third-order valence-corrected chi connectivity index (χ3v) is 3.59. The highest BCUT2D eigenvalue weighted by Gasteiger charge is 2.22. The largest absolute Gasteiger partial charge is 0.337 e. The van der Waals surface area contributed by atoms with Crippen LogP contribution in [0.5, 0.6) is 0 Å². The maximum Gasteiger partial charge on any atom is 0.254 e. The van der Waals surface area contributed by atoms with Gasteiger partial charge in [0, 0.05) is 25.0 Å². The molecule has 1 saturated heterocycles. The first-order valence-electron chi connectivity index (χ1n) is 5.29. The number of rotatable bonds is 2. The number of piperidine rings is 1. The van der Waals surface area contributed by atoms with Crippen molar-refractivity contribution in [1.82, 2.24) is 10.2 Å². The van der Waals surface area contributed by atoms with Crippen LogP contribution in [0.1, 0.15) is 23.2 Å². The molecule has 1 amide bonds. The van der Waals surface area contributed by atoms with E-state index in [0.29, 0.717) is 6.04 Å². The summed E-state index contributed by atoms with van der Waals surface area (Å²) in [5.74, 6) is 0.143. The van der Waals surface area contributed by atoms with E-state index in [1.165, 1.54) is 0 Å². The molecule has 1 N–H and O–H groups in total. The smallest absolute Gasteiger partial charge is 0.254 e. The molecule has 1 aromatic rings. The van der Waals surface area contributed by atoms with Crippen molar-refractivity contribution in [3.05, 3.63) is 22.4 Å². The van der Waals surface area contributed by atoms with Gasteiger partial charge in [0.15, 0.2) is 0 Å². The molecule has 0 radical (unpaired) electrons. The van der Waals surface area contributed by atoms with E-state index < -0.39 is 0 Å². The van der Waals surface area contributed by atoms with E-state index in [2.05, 4.69) is 5.32 Å². The van der Waals surface area contributed by atoms with Gasteiger partial charge in [0.25, 0.3) is 5.91 Å². The zero-order valence-corrected chi connectivity index (χ0v) is 10.9. The lowest BCUT2D eigenvalue weighted by atomic mass is 10.1. The summed E-state index contributed by atoms with van der Waals surface area (Å²) < 4.78 is 0. The Morgan fingerprint density at radius 1 is 1.62 bits per heavy atom. The molecule has 0 aliphatic carbocycles. The fourth-order valence-electron chi connectivity index (χ4n) is 1.92. The predicted molar refractivity (Wildman–Crippen MR) is 69.6 cm³/mol. The molecule has 1 aromatic heterocycles. The molecule has 1 aliphatic rings. The number of hydrogen-bond acceptors (Lipinski definition) is 3. The zero-order valence-electron chi connectivity index (χ0n) is 9.31. The number of carbonyl (C=O) groups is 1. The number of halogens is 1. The lowest BCUT2D eigenvalue weighted by Crippen LogP contribution is -2.46. The number of thiophene rings is 1. The second-order valence-corrected chi connectivity index (χ2v) is 4.71. The number of nitrogens with zero attached hydrogens (tertiary/aromatic N) is 1. The highest BCUT2D eigenvalue weighted by molar-refractivity contribution is 7.08. The molecule has 1 unspecified atom stereocenters. The Balaban J connectivity index is 0.00000128. The van der Waals surface area contributed by atoms with Crippen LogP contribution in [0.25, 0.3) is 0 Å². The molecule has 0 saturated carbocycles. The molecule has 0 aromatic carbocycles. The summed E-state index contributed by atoms with van der Waals surface area (Å²) in [6.07, 6.45) is 2.27. The van der Waals surface area contributed by atoms with E-state index in [-0.39, 0.29) is 18.3 Å². The Kier molecular flexibility index (Phi) is 5.25. The maximum absolute atomic E-state index is 12.0. The molecular weight excluding hydrogens is 244 g/mol.